The molecule has 8 heteroatoms. The molecule has 2 rings (SSSR count). The monoisotopic (exact) mass is 285 g/mol. The van der Waals surface area contributed by atoms with Crippen LogP contribution in [0.2, 0.25) is 0 Å². The van der Waals surface area contributed by atoms with Crippen LogP contribution in [0, 0.1) is 10.1 Å². The highest BCUT2D eigenvalue weighted by Crippen LogP contribution is 2.25. The largest absolute Gasteiger partial charge is 0.462 e. The number of non-ortho nitro benzene ring substituents is 1. The Kier molecular flexibility index (Phi) is 4.50. The Morgan fingerprint density at radius 1 is 1.30 bits per heavy atom. The molecule has 4 atom stereocenters. The van der Waals surface area contributed by atoms with Crippen molar-refractivity contribution >= 4 is 5.69 Å². The Balaban J connectivity index is 2.03. The van der Waals surface area contributed by atoms with Gasteiger partial charge in [-0.05, 0) is 12.1 Å². The third kappa shape index (κ3) is 3.23. The summed E-state index contributed by atoms with van der Waals surface area (Å²) in [5, 5.41) is 38.9. The number of aliphatic hydroxyl groups excluding tert-OH is 3. The molecule has 0 bridgehead atoms. The molecule has 1 aliphatic heterocycles. The van der Waals surface area contributed by atoms with Gasteiger partial charge in [-0.2, -0.15) is 0 Å². The molecule has 1 saturated heterocycles. The van der Waals surface area contributed by atoms with E-state index >= 15 is 0 Å². The molecule has 1 aliphatic rings. The molecule has 0 radical (unpaired) electrons. The average molecular weight is 285 g/mol. The van der Waals surface area contributed by atoms with Crippen LogP contribution in [0.25, 0.3) is 0 Å². The molecule has 1 heterocycles. The number of aliphatic hydroxyl groups is 3. The minimum Gasteiger partial charge on any atom is -0.462 e. The number of nitro groups is 1. The normalized spacial score (nSPS) is 29.9. The minimum absolute atomic E-state index is 0.0167. The van der Waals surface area contributed by atoms with E-state index in [-0.39, 0.29) is 17.9 Å². The summed E-state index contributed by atoms with van der Waals surface area (Å²) in [6.45, 7) is -0.395. The highest BCUT2D eigenvalue weighted by Gasteiger charge is 2.37. The first-order valence-corrected chi connectivity index (χ1v) is 6.05. The number of benzene rings is 1. The lowest BCUT2D eigenvalue weighted by molar-refractivity contribution is -0.384. The highest BCUT2D eigenvalue weighted by molar-refractivity contribution is 5.36. The number of nitrogens with zero attached hydrogens (tertiary/aromatic N) is 1. The highest BCUT2D eigenvalue weighted by atomic mass is 16.7. The summed E-state index contributed by atoms with van der Waals surface area (Å²) in [6, 6.07) is 5.30. The van der Waals surface area contributed by atoms with Gasteiger partial charge in [0.15, 0.2) is 0 Å². The molecule has 0 unspecified atom stereocenters. The van der Waals surface area contributed by atoms with Crippen LogP contribution < -0.4 is 4.74 Å². The molecule has 1 fully saturated rings. The molecular formula is C12H15NO7. The lowest BCUT2D eigenvalue weighted by Gasteiger charge is -2.36. The van der Waals surface area contributed by atoms with Crippen LogP contribution in [0.15, 0.2) is 24.3 Å². The second-order valence-corrected chi connectivity index (χ2v) is 4.46. The first-order valence-electron chi connectivity index (χ1n) is 6.05. The fourth-order valence-corrected chi connectivity index (χ4v) is 1.92. The van der Waals surface area contributed by atoms with E-state index in [1.807, 2.05) is 0 Å². The van der Waals surface area contributed by atoms with Crippen LogP contribution in [0.4, 0.5) is 5.69 Å². The van der Waals surface area contributed by atoms with Gasteiger partial charge in [0.1, 0.15) is 18.0 Å². The molecule has 3 N–H and O–H groups in total. The third-order valence-corrected chi connectivity index (χ3v) is 3.01. The van der Waals surface area contributed by atoms with Crippen LogP contribution in [0.1, 0.15) is 6.42 Å². The third-order valence-electron chi connectivity index (χ3n) is 3.01. The summed E-state index contributed by atoms with van der Waals surface area (Å²) in [5.74, 6) is 0.285. The predicted molar refractivity (Wildman–Crippen MR) is 66.1 cm³/mol. The van der Waals surface area contributed by atoms with Crippen molar-refractivity contribution in [1.29, 1.82) is 0 Å². The van der Waals surface area contributed by atoms with Crippen molar-refractivity contribution in [1.82, 2.24) is 0 Å². The summed E-state index contributed by atoms with van der Waals surface area (Å²) in [4.78, 5) is 9.98. The fourth-order valence-electron chi connectivity index (χ4n) is 1.92. The molecule has 20 heavy (non-hydrogen) atoms. The maximum absolute atomic E-state index is 10.5. The van der Waals surface area contributed by atoms with Gasteiger partial charge in [0.2, 0.25) is 6.29 Å². The maximum Gasteiger partial charge on any atom is 0.269 e. The number of hydrogen-bond donors (Lipinski definition) is 3. The Hall–Kier alpha value is -1.74. The molecule has 1 aromatic carbocycles. The first kappa shape index (κ1) is 14.7. The van der Waals surface area contributed by atoms with Crippen molar-refractivity contribution in [3.63, 3.8) is 0 Å². The van der Waals surface area contributed by atoms with E-state index in [0.717, 1.165) is 0 Å². The number of hydrogen-bond acceptors (Lipinski definition) is 7. The molecule has 0 saturated carbocycles. The topological polar surface area (TPSA) is 122 Å². The van der Waals surface area contributed by atoms with Gasteiger partial charge in [-0.1, -0.05) is 0 Å². The van der Waals surface area contributed by atoms with Gasteiger partial charge in [0, 0.05) is 18.6 Å². The first-order chi connectivity index (χ1) is 9.51. The van der Waals surface area contributed by atoms with Crippen molar-refractivity contribution in [3.8, 4) is 5.75 Å². The molecule has 0 aromatic heterocycles. The van der Waals surface area contributed by atoms with Gasteiger partial charge >= 0.3 is 0 Å². The van der Waals surface area contributed by atoms with Crippen LogP contribution in [0.5, 0.6) is 5.75 Å². The van der Waals surface area contributed by atoms with Gasteiger partial charge in [-0.15, -0.1) is 0 Å². The van der Waals surface area contributed by atoms with E-state index in [4.69, 9.17) is 14.6 Å². The van der Waals surface area contributed by atoms with Crippen molar-refractivity contribution in [2.75, 3.05) is 6.61 Å². The van der Waals surface area contributed by atoms with Crippen molar-refractivity contribution in [2.24, 2.45) is 0 Å². The van der Waals surface area contributed by atoms with E-state index < -0.39 is 36.1 Å². The average Bonchev–Trinajstić information content (AvgIpc) is 2.42. The second kappa shape index (κ2) is 6.14. The Morgan fingerprint density at radius 2 is 1.95 bits per heavy atom. The van der Waals surface area contributed by atoms with Crippen LogP contribution in [0.3, 0.4) is 0 Å². The van der Waals surface area contributed by atoms with Crippen LogP contribution in [-0.4, -0.2) is 51.5 Å². The standard InChI is InChI=1S/C12H15NO7/c14-6-11-9(15)5-10(16)12(20-11)19-8-3-1-7(2-4-8)13(17)18/h1-4,9-12,14-16H,5-6H2/t9-,10-,11-,12+/m1/s1. The van der Waals surface area contributed by atoms with Crippen LogP contribution in [-0.2, 0) is 4.74 Å². The molecule has 110 valence electrons. The zero-order valence-electron chi connectivity index (χ0n) is 10.5. The summed E-state index contributed by atoms with van der Waals surface area (Å²) in [7, 11) is 0. The van der Waals surface area contributed by atoms with Gasteiger partial charge in [0.05, 0.1) is 17.6 Å². The Labute approximate surface area is 114 Å². The smallest absolute Gasteiger partial charge is 0.269 e. The van der Waals surface area contributed by atoms with Gasteiger partial charge in [-0.3, -0.25) is 10.1 Å². The van der Waals surface area contributed by atoms with Crippen LogP contribution >= 0.6 is 0 Å². The maximum atomic E-state index is 10.5. The van der Waals surface area contributed by atoms with Gasteiger partial charge in [-0.25, -0.2) is 0 Å². The molecule has 8 nitrogen and oxygen atoms in total. The van der Waals surface area contributed by atoms with E-state index in [2.05, 4.69) is 0 Å². The Bertz CT molecular complexity index is 463. The van der Waals surface area contributed by atoms with Crippen molar-refractivity contribution < 1.29 is 29.7 Å². The SMILES string of the molecule is O=[N+]([O-])c1ccc(O[C@H]2O[C@H](CO)[C@H](O)C[C@H]2O)cc1. The minimum atomic E-state index is -1.05. The summed E-state index contributed by atoms with van der Waals surface area (Å²) in [5.41, 5.74) is -0.0777. The predicted octanol–water partition coefficient (Wildman–Crippen LogP) is -0.197. The molecule has 0 aliphatic carbocycles. The molecular weight excluding hydrogens is 270 g/mol. The zero-order valence-corrected chi connectivity index (χ0v) is 10.5. The summed E-state index contributed by atoms with van der Waals surface area (Å²) in [6.07, 6.45) is -3.88. The fraction of sp³-hybridized carbons (Fsp3) is 0.500. The van der Waals surface area contributed by atoms with Gasteiger partial charge < -0.3 is 24.8 Å². The molecule has 0 spiro atoms. The van der Waals surface area contributed by atoms with Crippen molar-refractivity contribution in [2.45, 2.75) is 31.0 Å². The molecule has 1 aromatic rings. The Morgan fingerprint density at radius 3 is 2.50 bits per heavy atom. The van der Waals surface area contributed by atoms with Crippen molar-refractivity contribution in [3.05, 3.63) is 34.4 Å². The van der Waals surface area contributed by atoms with E-state index in [1.165, 1.54) is 24.3 Å². The zero-order chi connectivity index (χ0) is 14.7. The van der Waals surface area contributed by atoms with E-state index in [0.29, 0.717) is 0 Å². The van der Waals surface area contributed by atoms with Gasteiger partial charge in [0.25, 0.3) is 5.69 Å². The summed E-state index contributed by atoms with van der Waals surface area (Å²) >= 11 is 0. The molecule has 0 amide bonds. The van der Waals surface area contributed by atoms with E-state index in [9.17, 15) is 20.3 Å². The quantitative estimate of drug-likeness (QED) is 0.517. The number of rotatable bonds is 4. The summed E-state index contributed by atoms with van der Waals surface area (Å²) < 4.78 is 10.6. The second-order valence-electron chi connectivity index (χ2n) is 4.46. The number of nitro benzene ring substituents is 1. The lowest BCUT2D eigenvalue weighted by Crippen LogP contribution is -2.50. The lowest BCUT2D eigenvalue weighted by atomic mass is 10.0. The van der Waals surface area contributed by atoms with E-state index in [1.54, 1.807) is 0 Å². The number of ether oxygens (including phenoxy) is 2.